The third-order valence-corrected chi connectivity index (χ3v) is 5.62. The van der Waals surface area contributed by atoms with Crippen molar-refractivity contribution in [1.82, 2.24) is 34.7 Å². The first kappa shape index (κ1) is 19.4. The smallest absolute Gasteiger partial charge is 0.259 e. The maximum atomic E-state index is 13.5. The Hall–Kier alpha value is -3.59. The highest BCUT2D eigenvalue weighted by Gasteiger charge is 2.26. The topological polar surface area (TPSA) is 93.2 Å². The third-order valence-electron chi connectivity index (χ3n) is 5.62. The van der Waals surface area contributed by atoms with Crippen molar-refractivity contribution in [2.75, 3.05) is 26.2 Å². The van der Waals surface area contributed by atoms with E-state index in [1.807, 2.05) is 55.5 Å². The van der Waals surface area contributed by atoms with Gasteiger partial charge in [-0.1, -0.05) is 11.2 Å². The number of carbonyl (C=O) groups excluding carboxylic acids is 1. The van der Waals surface area contributed by atoms with Crippen molar-refractivity contribution in [3.05, 3.63) is 59.8 Å². The standard InChI is InChI=1S/C22H23N7O2/c1-15-20-18(11-19(25-21(20)31-26-15)16-12-24-27(2)13-16)22(30)29-9-7-28(8-10-29)14-17-5-3-4-6-23-17/h3-6,11-13H,7-10,14H2,1-2H3. The van der Waals surface area contributed by atoms with Gasteiger partial charge in [0.2, 0.25) is 0 Å². The van der Waals surface area contributed by atoms with E-state index in [1.54, 1.807) is 10.9 Å². The summed E-state index contributed by atoms with van der Waals surface area (Å²) in [6.45, 7) is 5.53. The second kappa shape index (κ2) is 7.92. The lowest BCUT2D eigenvalue weighted by Crippen LogP contribution is -2.48. The molecule has 5 rings (SSSR count). The molecule has 158 valence electrons. The number of pyridine rings is 2. The molecule has 0 spiro atoms. The fourth-order valence-corrected chi connectivity index (χ4v) is 3.96. The van der Waals surface area contributed by atoms with Crippen LogP contribution in [0, 0.1) is 6.92 Å². The molecule has 0 aromatic carbocycles. The van der Waals surface area contributed by atoms with E-state index >= 15 is 0 Å². The summed E-state index contributed by atoms with van der Waals surface area (Å²) in [7, 11) is 1.84. The Morgan fingerprint density at radius 2 is 2.03 bits per heavy atom. The molecule has 0 bridgehead atoms. The highest BCUT2D eigenvalue weighted by Crippen LogP contribution is 2.28. The third kappa shape index (κ3) is 3.79. The summed E-state index contributed by atoms with van der Waals surface area (Å²) in [6, 6.07) is 7.77. The number of aromatic nitrogens is 5. The number of nitrogens with zero attached hydrogens (tertiary/aromatic N) is 7. The van der Waals surface area contributed by atoms with Crippen LogP contribution in [-0.2, 0) is 13.6 Å². The molecule has 0 N–H and O–H groups in total. The van der Waals surface area contributed by atoms with Gasteiger partial charge in [0.1, 0.15) is 0 Å². The number of piperazine rings is 1. The summed E-state index contributed by atoms with van der Waals surface area (Å²) in [5.74, 6) is -0.0265. The summed E-state index contributed by atoms with van der Waals surface area (Å²) in [6.07, 6.45) is 5.40. The molecule has 4 aromatic heterocycles. The number of aryl methyl sites for hydroxylation is 2. The molecule has 9 nitrogen and oxygen atoms in total. The van der Waals surface area contributed by atoms with E-state index in [9.17, 15) is 4.79 Å². The predicted molar refractivity (Wildman–Crippen MR) is 114 cm³/mol. The van der Waals surface area contributed by atoms with Gasteiger partial charge < -0.3 is 9.42 Å². The lowest BCUT2D eigenvalue weighted by molar-refractivity contribution is 0.0629. The Kier molecular flexibility index (Phi) is 4.95. The van der Waals surface area contributed by atoms with Crippen LogP contribution in [0.1, 0.15) is 21.7 Å². The van der Waals surface area contributed by atoms with Crippen molar-refractivity contribution in [2.45, 2.75) is 13.5 Å². The number of fused-ring (bicyclic) bond motifs is 1. The van der Waals surface area contributed by atoms with E-state index in [1.165, 1.54) is 0 Å². The second-order valence-corrected chi connectivity index (χ2v) is 7.80. The van der Waals surface area contributed by atoms with E-state index in [0.29, 0.717) is 41.1 Å². The number of carbonyl (C=O) groups is 1. The molecule has 0 unspecified atom stereocenters. The largest absolute Gasteiger partial charge is 0.336 e. The van der Waals surface area contributed by atoms with Gasteiger partial charge in [0, 0.05) is 57.7 Å². The average molecular weight is 417 g/mol. The van der Waals surface area contributed by atoms with Crippen molar-refractivity contribution in [1.29, 1.82) is 0 Å². The maximum Gasteiger partial charge on any atom is 0.259 e. The summed E-state index contributed by atoms with van der Waals surface area (Å²) >= 11 is 0. The highest BCUT2D eigenvalue weighted by molar-refractivity contribution is 6.07. The molecule has 0 saturated carbocycles. The van der Waals surface area contributed by atoms with Crippen LogP contribution >= 0.6 is 0 Å². The van der Waals surface area contributed by atoms with Crippen molar-refractivity contribution in [2.24, 2.45) is 7.05 Å². The van der Waals surface area contributed by atoms with Crippen molar-refractivity contribution < 1.29 is 9.32 Å². The molecule has 1 saturated heterocycles. The molecular weight excluding hydrogens is 394 g/mol. The molecule has 1 aliphatic heterocycles. The zero-order valence-corrected chi connectivity index (χ0v) is 17.5. The van der Waals surface area contributed by atoms with Gasteiger partial charge >= 0.3 is 0 Å². The van der Waals surface area contributed by atoms with Gasteiger partial charge in [-0.05, 0) is 25.1 Å². The van der Waals surface area contributed by atoms with E-state index in [2.05, 4.69) is 25.1 Å². The van der Waals surface area contributed by atoms with Crippen LogP contribution in [-0.4, -0.2) is 66.8 Å². The Labute approximate surface area is 179 Å². The van der Waals surface area contributed by atoms with E-state index in [4.69, 9.17) is 4.52 Å². The summed E-state index contributed by atoms with van der Waals surface area (Å²) in [5.41, 5.74) is 4.12. The fourth-order valence-electron chi connectivity index (χ4n) is 3.96. The van der Waals surface area contributed by atoms with Crippen LogP contribution in [0.5, 0.6) is 0 Å². The van der Waals surface area contributed by atoms with Crippen LogP contribution in [0.25, 0.3) is 22.4 Å². The minimum atomic E-state index is -0.0265. The van der Waals surface area contributed by atoms with Crippen molar-refractivity contribution in [3.63, 3.8) is 0 Å². The molecule has 0 radical (unpaired) electrons. The van der Waals surface area contributed by atoms with Gasteiger partial charge in [0.05, 0.1) is 34.2 Å². The molecule has 0 atom stereocenters. The van der Waals surface area contributed by atoms with Crippen molar-refractivity contribution >= 4 is 17.0 Å². The van der Waals surface area contributed by atoms with Gasteiger partial charge in [-0.25, -0.2) is 4.98 Å². The van der Waals surface area contributed by atoms with Crippen LogP contribution in [0.2, 0.25) is 0 Å². The van der Waals surface area contributed by atoms with Gasteiger partial charge in [-0.3, -0.25) is 19.4 Å². The predicted octanol–water partition coefficient (Wildman–Crippen LogP) is 2.28. The molecule has 1 amide bonds. The fraction of sp³-hybridized carbons (Fsp3) is 0.318. The molecule has 1 fully saturated rings. The number of hydrogen-bond acceptors (Lipinski definition) is 7. The van der Waals surface area contributed by atoms with E-state index in [-0.39, 0.29) is 5.91 Å². The van der Waals surface area contributed by atoms with Gasteiger partial charge in [-0.15, -0.1) is 0 Å². The Morgan fingerprint density at radius 1 is 1.19 bits per heavy atom. The molecule has 9 heteroatoms. The highest BCUT2D eigenvalue weighted by atomic mass is 16.5. The minimum Gasteiger partial charge on any atom is -0.336 e. The lowest BCUT2D eigenvalue weighted by Gasteiger charge is -2.34. The first-order valence-electron chi connectivity index (χ1n) is 10.3. The monoisotopic (exact) mass is 417 g/mol. The SMILES string of the molecule is Cc1noc2nc(-c3cnn(C)c3)cc(C(=O)N3CCN(Cc4ccccn4)CC3)c12. The Balaban J connectivity index is 1.39. The Morgan fingerprint density at radius 3 is 2.74 bits per heavy atom. The van der Waals surface area contributed by atoms with Gasteiger partial charge in [0.15, 0.2) is 0 Å². The van der Waals surface area contributed by atoms with E-state index in [0.717, 1.165) is 30.9 Å². The Bertz CT molecular complexity index is 1220. The van der Waals surface area contributed by atoms with Crippen LogP contribution in [0.15, 0.2) is 47.4 Å². The first-order chi connectivity index (χ1) is 15.1. The first-order valence-corrected chi connectivity index (χ1v) is 10.3. The van der Waals surface area contributed by atoms with Crippen LogP contribution < -0.4 is 0 Å². The normalized spacial score (nSPS) is 15.0. The zero-order valence-electron chi connectivity index (χ0n) is 17.5. The average Bonchev–Trinajstić information content (AvgIpc) is 3.40. The summed E-state index contributed by atoms with van der Waals surface area (Å²) < 4.78 is 7.11. The molecule has 4 aromatic rings. The second-order valence-electron chi connectivity index (χ2n) is 7.80. The minimum absolute atomic E-state index is 0.0265. The summed E-state index contributed by atoms with van der Waals surface area (Å²) in [5, 5.41) is 8.92. The van der Waals surface area contributed by atoms with Crippen LogP contribution in [0.4, 0.5) is 0 Å². The molecular formula is C22H23N7O2. The molecule has 1 aliphatic rings. The van der Waals surface area contributed by atoms with Gasteiger partial charge in [-0.2, -0.15) is 5.10 Å². The van der Waals surface area contributed by atoms with Gasteiger partial charge in [0.25, 0.3) is 11.6 Å². The maximum absolute atomic E-state index is 13.5. The number of rotatable bonds is 4. The summed E-state index contributed by atoms with van der Waals surface area (Å²) in [4.78, 5) is 26.7. The zero-order chi connectivity index (χ0) is 21.4. The lowest BCUT2D eigenvalue weighted by atomic mass is 10.1. The molecule has 0 aliphatic carbocycles. The van der Waals surface area contributed by atoms with Crippen LogP contribution in [0.3, 0.4) is 0 Å². The molecule has 5 heterocycles. The molecule has 31 heavy (non-hydrogen) atoms. The van der Waals surface area contributed by atoms with E-state index < -0.39 is 0 Å². The number of amides is 1. The quantitative estimate of drug-likeness (QED) is 0.503. The number of hydrogen-bond donors (Lipinski definition) is 0. The van der Waals surface area contributed by atoms with Crippen molar-refractivity contribution in [3.8, 4) is 11.3 Å².